The molecule has 6 heteroatoms. The molecule has 0 aromatic heterocycles. The van der Waals surface area contributed by atoms with Crippen LogP contribution in [-0.4, -0.2) is 39.3 Å². The molecule has 366 valence electrons. The summed E-state index contributed by atoms with van der Waals surface area (Å²) in [5.41, 5.74) is 32.9. The van der Waals surface area contributed by atoms with Crippen molar-refractivity contribution in [2.75, 3.05) is 39.3 Å². The second-order valence-corrected chi connectivity index (χ2v) is 18.7. The van der Waals surface area contributed by atoms with Crippen LogP contribution in [0.2, 0.25) is 0 Å². The van der Waals surface area contributed by atoms with Gasteiger partial charge in [0.05, 0.1) is 0 Å². The Morgan fingerprint density at radius 1 is 0.0833 bits per heavy atom. The molecule has 0 spiro atoms. The molecular formula is C54H120N6. The Bertz CT molecular complexity index is 596. The van der Waals surface area contributed by atoms with Gasteiger partial charge in [0.2, 0.25) is 0 Å². The van der Waals surface area contributed by atoms with Crippen LogP contribution < -0.4 is 34.4 Å². The van der Waals surface area contributed by atoms with Gasteiger partial charge in [-0.15, -0.1) is 0 Å². The summed E-state index contributed by atoms with van der Waals surface area (Å²) in [7, 11) is 0. The first kappa shape index (κ1) is 64.0. The van der Waals surface area contributed by atoms with Gasteiger partial charge in [0.15, 0.2) is 0 Å². The Morgan fingerprint density at radius 3 is 0.183 bits per heavy atom. The van der Waals surface area contributed by atoms with E-state index in [-0.39, 0.29) is 0 Å². The van der Waals surface area contributed by atoms with Crippen LogP contribution in [0.1, 0.15) is 308 Å². The van der Waals surface area contributed by atoms with E-state index in [1.54, 1.807) is 0 Å². The van der Waals surface area contributed by atoms with Crippen LogP contribution in [0.15, 0.2) is 0 Å². The van der Waals surface area contributed by atoms with Crippen LogP contribution in [-0.2, 0) is 0 Å². The largest absolute Gasteiger partial charge is 0.330 e. The van der Waals surface area contributed by atoms with Gasteiger partial charge in [0, 0.05) is 0 Å². The molecule has 0 rings (SSSR count). The maximum Gasteiger partial charge on any atom is -0.00773 e. The van der Waals surface area contributed by atoms with Crippen molar-refractivity contribution in [3.8, 4) is 0 Å². The third kappa shape index (κ3) is 72.2. The number of hydrogen-bond donors (Lipinski definition) is 6. The molecule has 6 nitrogen and oxygen atoms in total. The van der Waals surface area contributed by atoms with E-state index in [2.05, 4.69) is 0 Å². The van der Waals surface area contributed by atoms with E-state index in [1.165, 1.54) is 308 Å². The number of rotatable bonds is 51. The van der Waals surface area contributed by atoms with E-state index in [0.717, 1.165) is 39.3 Å². The molecule has 0 aliphatic rings. The fraction of sp³-hybridized carbons (Fsp3) is 1.00. The van der Waals surface area contributed by atoms with E-state index >= 15 is 0 Å². The lowest BCUT2D eigenvalue weighted by molar-refractivity contribution is 0.524. The summed E-state index contributed by atoms with van der Waals surface area (Å²) in [6, 6.07) is 0. The fourth-order valence-corrected chi connectivity index (χ4v) is 8.29. The molecule has 12 N–H and O–H groups in total. The Morgan fingerprint density at radius 2 is 0.133 bits per heavy atom. The Balaban J connectivity index is -0.000000816. The van der Waals surface area contributed by atoms with Crippen LogP contribution in [0.4, 0.5) is 0 Å². The van der Waals surface area contributed by atoms with Gasteiger partial charge >= 0.3 is 0 Å². The number of nitrogens with two attached hydrogens (primary N) is 6. The van der Waals surface area contributed by atoms with Crippen LogP contribution in [0.25, 0.3) is 0 Å². The second kappa shape index (κ2) is 67.8. The minimum absolute atomic E-state index is 0.866. The molecule has 0 bridgehead atoms. The molecule has 0 aromatic carbocycles. The molecule has 0 unspecified atom stereocenters. The number of hydrogen-bond acceptors (Lipinski definition) is 6. The van der Waals surface area contributed by atoms with Gasteiger partial charge in [-0.05, 0) is 77.8 Å². The quantitative estimate of drug-likeness (QED) is 0.0335. The van der Waals surface area contributed by atoms with Gasteiger partial charge in [-0.1, -0.05) is 270 Å². The van der Waals surface area contributed by atoms with Crippen molar-refractivity contribution in [2.24, 2.45) is 34.4 Å². The minimum Gasteiger partial charge on any atom is -0.330 e. The fourth-order valence-electron chi connectivity index (χ4n) is 8.29. The second-order valence-electron chi connectivity index (χ2n) is 18.7. The standard InChI is InChI=1S/C20H44N2.C18H40N2.C16H36N2/c21-19-17-15-13-11-9-7-5-3-1-2-4-6-8-10-12-14-16-18-20-22;19-17-15-13-11-9-7-5-3-1-2-4-6-8-10-12-14-16-18-20;17-15-13-11-9-7-5-3-1-2-4-6-8-10-12-14-16-18/h1-22H2;1-20H2;1-18H2. The van der Waals surface area contributed by atoms with Crippen molar-refractivity contribution in [3.05, 3.63) is 0 Å². The van der Waals surface area contributed by atoms with Crippen LogP contribution in [0.5, 0.6) is 0 Å². The zero-order valence-corrected chi connectivity index (χ0v) is 41.6. The van der Waals surface area contributed by atoms with Crippen molar-refractivity contribution in [3.63, 3.8) is 0 Å². The molecule has 0 saturated carbocycles. The smallest absolute Gasteiger partial charge is 0.00773 e. The topological polar surface area (TPSA) is 156 Å². The summed E-state index contributed by atoms with van der Waals surface area (Å²) in [5.74, 6) is 0. The third-order valence-electron chi connectivity index (χ3n) is 12.5. The molecule has 0 aliphatic heterocycles. The molecule has 0 fully saturated rings. The van der Waals surface area contributed by atoms with Gasteiger partial charge < -0.3 is 34.4 Å². The molecule has 0 atom stereocenters. The van der Waals surface area contributed by atoms with Crippen molar-refractivity contribution in [1.82, 2.24) is 0 Å². The zero-order valence-electron chi connectivity index (χ0n) is 41.6. The lowest BCUT2D eigenvalue weighted by atomic mass is 10.0. The van der Waals surface area contributed by atoms with E-state index in [0.29, 0.717) is 0 Å². The van der Waals surface area contributed by atoms with E-state index in [9.17, 15) is 0 Å². The van der Waals surface area contributed by atoms with Crippen LogP contribution >= 0.6 is 0 Å². The molecule has 0 amide bonds. The van der Waals surface area contributed by atoms with Gasteiger partial charge in [-0.25, -0.2) is 0 Å². The Labute approximate surface area is 380 Å². The SMILES string of the molecule is NCCCCCCCCCCCCCCCCCCCCN.NCCCCCCCCCCCCCCCCCCN.NCCCCCCCCCCCCCCCCN. The van der Waals surface area contributed by atoms with Crippen LogP contribution in [0, 0.1) is 0 Å². The lowest BCUT2D eigenvalue weighted by Crippen LogP contribution is -1.97. The summed E-state index contributed by atoms with van der Waals surface area (Å²) in [6.07, 6.45) is 66.9. The van der Waals surface area contributed by atoms with E-state index < -0.39 is 0 Å². The van der Waals surface area contributed by atoms with Crippen molar-refractivity contribution in [1.29, 1.82) is 0 Å². The first-order valence-corrected chi connectivity index (χ1v) is 27.9. The minimum atomic E-state index is 0.866. The summed E-state index contributed by atoms with van der Waals surface area (Å²) >= 11 is 0. The van der Waals surface area contributed by atoms with Crippen LogP contribution in [0.3, 0.4) is 0 Å². The molecule has 60 heavy (non-hydrogen) atoms. The van der Waals surface area contributed by atoms with Crippen molar-refractivity contribution >= 4 is 0 Å². The molecule has 0 aliphatic carbocycles. The van der Waals surface area contributed by atoms with Gasteiger partial charge in [-0.3, -0.25) is 0 Å². The summed E-state index contributed by atoms with van der Waals surface area (Å²) in [4.78, 5) is 0. The average Bonchev–Trinajstić information content (AvgIpc) is 3.26. The lowest BCUT2D eigenvalue weighted by Gasteiger charge is -2.03. The van der Waals surface area contributed by atoms with Crippen molar-refractivity contribution < 1.29 is 0 Å². The summed E-state index contributed by atoms with van der Waals surface area (Å²) < 4.78 is 0. The van der Waals surface area contributed by atoms with Crippen molar-refractivity contribution in [2.45, 2.75) is 308 Å². The highest BCUT2D eigenvalue weighted by molar-refractivity contribution is 4.54. The highest BCUT2D eigenvalue weighted by Crippen LogP contribution is 2.16. The summed E-state index contributed by atoms with van der Waals surface area (Å²) in [6.45, 7) is 5.21. The molecule has 0 radical (unpaired) electrons. The highest BCUT2D eigenvalue weighted by atomic mass is 14.5. The highest BCUT2D eigenvalue weighted by Gasteiger charge is 1.97. The molecular weight excluding hydrogens is 733 g/mol. The van der Waals surface area contributed by atoms with Gasteiger partial charge in [0.25, 0.3) is 0 Å². The number of unbranched alkanes of at least 4 members (excludes halogenated alkanes) is 45. The maximum atomic E-state index is 5.50. The first-order valence-electron chi connectivity index (χ1n) is 27.9. The zero-order chi connectivity index (χ0) is 44.2. The average molecular weight is 854 g/mol. The predicted molar refractivity (Wildman–Crippen MR) is 276 cm³/mol. The molecule has 0 saturated heterocycles. The third-order valence-corrected chi connectivity index (χ3v) is 12.5. The van der Waals surface area contributed by atoms with Gasteiger partial charge in [0.1, 0.15) is 0 Å². The summed E-state index contributed by atoms with van der Waals surface area (Å²) in [5, 5.41) is 0. The Hall–Kier alpha value is -0.240. The molecule has 0 heterocycles. The normalized spacial score (nSPS) is 11.1. The van der Waals surface area contributed by atoms with E-state index in [4.69, 9.17) is 34.4 Å². The van der Waals surface area contributed by atoms with E-state index in [1.807, 2.05) is 0 Å². The predicted octanol–water partition coefficient (Wildman–Crippen LogP) is 15.4. The monoisotopic (exact) mass is 853 g/mol. The molecule has 0 aromatic rings. The first-order chi connectivity index (χ1) is 29.7. The maximum absolute atomic E-state index is 5.50. The van der Waals surface area contributed by atoms with Gasteiger partial charge in [-0.2, -0.15) is 0 Å². The Kier molecular flexibility index (Phi) is 72.4.